The minimum Gasteiger partial charge on any atom is -0.361 e. The Kier molecular flexibility index (Phi) is 2.40. The lowest BCUT2D eigenvalue weighted by atomic mass is 9.98. The van der Waals surface area contributed by atoms with Crippen LogP contribution < -0.4 is 5.32 Å². The maximum atomic E-state index is 3.52. The van der Waals surface area contributed by atoms with Gasteiger partial charge in [-0.25, -0.2) is 0 Å². The summed E-state index contributed by atoms with van der Waals surface area (Å²) in [4.78, 5) is 3.52. The molecule has 1 aromatic heterocycles. The zero-order valence-electron chi connectivity index (χ0n) is 8.48. The van der Waals surface area contributed by atoms with Crippen LogP contribution in [0.4, 0.5) is 0 Å². The van der Waals surface area contributed by atoms with Crippen LogP contribution >= 0.6 is 0 Å². The lowest BCUT2D eigenvalue weighted by molar-refractivity contribution is 0.631. The lowest BCUT2D eigenvalue weighted by Crippen LogP contribution is -2.12. The third-order valence-corrected chi connectivity index (χ3v) is 3.03. The van der Waals surface area contributed by atoms with Gasteiger partial charge in [0.1, 0.15) is 0 Å². The van der Waals surface area contributed by atoms with E-state index in [1.807, 2.05) is 7.05 Å². The summed E-state index contributed by atoms with van der Waals surface area (Å²) in [6, 6.07) is 2.78. The molecular formula is C11H18N2. The van der Waals surface area contributed by atoms with Crippen LogP contribution in [-0.2, 0) is 12.8 Å². The number of rotatable bonds is 2. The predicted octanol–water partition coefficient (Wildman–Crippen LogP) is 2.17. The van der Waals surface area contributed by atoms with E-state index in [0.29, 0.717) is 6.04 Å². The van der Waals surface area contributed by atoms with E-state index in [2.05, 4.69) is 23.3 Å². The topological polar surface area (TPSA) is 27.8 Å². The van der Waals surface area contributed by atoms with E-state index in [1.54, 1.807) is 5.56 Å². The molecule has 0 fully saturated rings. The first-order valence-electron chi connectivity index (χ1n) is 5.19. The van der Waals surface area contributed by atoms with Crippen molar-refractivity contribution in [3.8, 4) is 0 Å². The second-order valence-electron chi connectivity index (χ2n) is 3.95. The number of fused-ring (bicyclic) bond motifs is 1. The van der Waals surface area contributed by atoms with Crippen molar-refractivity contribution in [3.63, 3.8) is 0 Å². The van der Waals surface area contributed by atoms with Crippen LogP contribution in [0.25, 0.3) is 0 Å². The summed E-state index contributed by atoms with van der Waals surface area (Å²) in [7, 11) is 2.00. The first-order chi connectivity index (χ1) is 6.31. The Bertz CT molecular complexity index is 265. The number of H-pyrrole nitrogens is 1. The van der Waals surface area contributed by atoms with Crippen molar-refractivity contribution < 1.29 is 0 Å². The minimum atomic E-state index is 0.450. The number of nitrogens with one attached hydrogen (secondary N) is 2. The Labute approximate surface area is 79.7 Å². The summed E-state index contributed by atoms with van der Waals surface area (Å²) >= 11 is 0. The predicted molar refractivity (Wildman–Crippen MR) is 54.9 cm³/mol. The fourth-order valence-electron chi connectivity index (χ4n) is 2.02. The molecule has 0 bridgehead atoms. The van der Waals surface area contributed by atoms with E-state index < -0.39 is 0 Å². The zero-order chi connectivity index (χ0) is 9.26. The molecule has 0 radical (unpaired) electrons. The molecule has 2 heteroatoms. The van der Waals surface area contributed by atoms with Gasteiger partial charge in [-0.3, -0.25) is 0 Å². The molecule has 0 saturated carbocycles. The highest BCUT2D eigenvalue weighted by atomic mass is 14.9. The molecule has 0 spiro atoms. The van der Waals surface area contributed by atoms with Gasteiger partial charge in [0.05, 0.1) is 0 Å². The van der Waals surface area contributed by atoms with E-state index in [1.165, 1.54) is 37.1 Å². The number of aryl methyl sites for hydroxylation is 2. The smallest absolute Gasteiger partial charge is 0.0441 e. The van der Waals surface area contributed by atoms with E-state index in [4.69, 9.17) is 0 Å². The molecule has 1 aromatic rings. The molecule has 0 saturated heterocycles. The van der Waals surface area contributed by atoms with Gasteiger partial charge in [0.25, 0.3) is 0 Å². The molecule has 0 aromatic carbocycles. The third-order valence-electron chi connectivity index (χ3n) is 3.03. The van der Waals surface area contributed by atoms with Crippen LogP contribution in [0.2, 0.25) is 0 Å². The maximum Gasteiger partial charge on any atom is 0.0441 e. The Morgan fingerprint density at radius 1 is 1.38 bits per heavy atom. The van der Waals surface area contributed by atoms with E-state index >= 15 is 0 Å². The summed E-state index contributed by atoms with van der Waals surface area (Å²) in [6.07, 6.45) is 5.22. The van der Waals surface area contributed by atoms with Crippen molar-refractivity contribution in [2.24, 2.45) is 0 Å². The Hall–Kier alpha value is -0.760. The number of aromatic amines is 1. The first-order valence-corrected chi connectivity index (χ1v) is 5.19. The highest BCUT2D eigenvalue weighted by Crippen LogP contribution is 2.24. The highest BCUT2D eigenvalue weighted by Gasteiger charge is 2.14. The average Bonchev–Trinajstić information content (AvgIpc) is 2.59. The van der Waals surface area contributed by atoms with Gasteiger partial charge in [-0.1, -0.05) is 0 Å². The molecule has 2 rings (SSSR count). The Balaban J connectivity index is 2.25. The molecule has 13 heavy (non-hydrogen) atoms. The first kappa shape index (κ1) is 8.82. The molecule has 2 N–H and O–H groups in total. The molecule has 0 unspecified atom stereocenters. The Morgan fingerprint density at radius 3 is 2.85 bits per heavy atom. The maximum absolute atomic E-state index is 3.52. The van der Waals surface area contributed by atoms with Crippen LogP contribution in [0.15, 0.2) is 6.07 Å². The van der Waals surface area contributed by atoms with E-state index in [9.17, 15) is 0 Å². The molecule has 0 aliphatic heterocycles. The molecule has 0 amide bonds. The highest BCUT2D eigenvalue weighted by molar-refractivity contribution is 5.29. The average molecular weight is 178 g/mol. The van der Waals surface area contributed by atoms with Crippen molar-refractivity contribution in [1.29, 1.82) is 0 Å². The Morgan fingerprint density at radius 2 is 2.15 bits per heavy atom. The second-order valence-corrected chi connectivity index (χ2v) is 3.95. The summed E-state index contributed by atoms with van der Waals surface area (Å²) in [5.41, 5.74) is 4.36. The minimum absolute atomic E-state index is 0.450. The lowest BCUT2D eigenvalue weighted by Gasteiger charge is -2.09. The van der Waals surface area contributed by atoms with Gasteiger partial charge in [-0.15, -0.1) is 0 Å². The molecule has 1 aliphatic carbocycles. The molecule has 1 heterocycles. The van der Waals surface area contributed by atoms with Gasteiger partial charge in [0.15, 0.2) is 0 Å². The van der Waals surface area contributed by atoms with Gasteiger partial charge < -0.3 is 10.3 Å². The molecule has 1 atom stereocenters. The number of hydrogen-bond acceptors (Lipinski definition) is 1. The molecular weight excluding hydrogens is 160 g/mol. The van der Waals surface area contributed by atoms with Crippen LogP contribution in [0.5, 0.6) is 0 Å². The van der Waals surface area contributed by atoms with Crippen LogP contribution in [0, 0.1) is 0 Å². The van der Waals surface area contributed by atoms with Crippen molar-refractivity contribution in [2.45, 2.75) is 38.6 Å². The largest absolute Gasteiger partial charge is 0.361 e. The quantitative estimate of drug-likeness (QED) is 0.713. The number of aromatic nitrogens is 1. The van der Waals surface area contributed by atoms with E-state index in [-0.39, 0.29) is 0 Å². The van der Waals surface area contributed by atoms with Gasteiger partial charge in [0.2, 0.25) is 0 Å². The monoisotopic (exact) mass is 178 g/mol. The molecule has 1 aliphatic rings. The molecule has 72 valence electrons. The van der Waals surface area contributed by atoms with Crippen LogP contribution in [-0.4, -0.2) is 12.0 Å². The van der Waals surface area contributed by atoms with Crippen molar-refractivity contribution >= 4 is 0 Å². The summed E-state index contributed by atoms with van der Waals surface area (Å²) in [5.74, 6) is 0. The number of hydrogen-bond donors (Lipinski definition) is 2. The second kappa shape index (κ2) is 3.54. The SMILES string of the molecule is CN[C@H](C)c1cc2c([nH]1)CCCC2. The third kappa shape index (κ3) is 1.63. The standard InChI is InChI=1S/C11H18N2/c1-8(12-2)11-7-9-5-3-4-6-10(9)13-11/h7-8,12-13H,3-6H2,1-2H3/t8-/m1/s1. The normalized spacial score (nSPS) is 18.3. The van der Waals surface area contributed by atoms with Gasteiger partial charge in [-0.2, -0.15) is 0 Å². The summed E-state index contributed by atoms with van der Waals surface area (Å²) in [6.45, 7) is 2.19. The van der Waals surface area contributed by atoms with E-state index in [0.717, 1.165) is 0 Å². The van der Waals surface area contributed by atoms with Crippen molar-refractivity contribution in [1.82, 2.24) is 10.3 Å². The summed E-state index contributed by atoms with van der Waals surface area (Å²) < 4.78 is 0. The van der Waals surface area contributed by atoms with Gasteiger partial charge in [-0.05, 0) is 51.3 Å². The van der Waals surface area contributed by atoms with Crippen LogP contribution in [0.1, 0.15) is 42.8 Å². The summed E-state index contributed by atoms with van der Waals surface area (Å²) in [5, 5.41) is 3.26. The fourth-order valence-corrected chi connectivity index (χ4v) is 2.02. The molecule has 2 nitrogen and oxygen atoms in total. The van der Waals surface area contributed by atoms with Crippen molar-refractivity contribution in [3.05, 3.63) is 23.0 Å². The zero-order valence-corrected chi connectivity index (χ0v) is 8.48. The van der Waals surface area contributed by atoms with Crippen LogP contribution in [0.3, 0.4) is 0 Å². The van der Waals surface area contributed by atoms with Gasteiger partial charge >= 0.3 is 0 Å². The van der Waals surface area contributed by atoms with Gasteiger partial charge in [0, 0.05) is 17.4 Å². The fraction of sp³-hybridized carbons (Fsp3) is 0.636. The van der Waals surface area contributed by atoms with Crippen molar-refractivity contribution in [2.75, 3.05) is 7.05 Å².